The molecule has 2 rings (SSSR count). The van der Waals surface area contributed by atoms with Crippen LogP contribution in [0, 0.1) is 5.82 Å². The van der Waals surface area contributed by atoms with E-state index < -0.39 is 0 Å². The molecule has 3 heteroatoms. The molecule has 2 aromatic rings. The summed E-state index contributed by atoms with van der Waals surface area (Å²) in [6.07, 6.45) is 1.52. The molecule has 0 bridgehead atoms. The second-order valence-electron chi connectivity index (χ2n) is 5.08. The SMILES string of the molecule is CCn1cc(F)c2ccc(C(C)(C)C)nc21. The van der Waals surface area contributed by atoms with E-state index in [-0.39, 0.29) is 11.2 Å². The minimum absolute atomic E-state index is 0.00644. The smallest absolute Gasteiger partial charge is 0.150 e. The molecule has 0 saturated carbocycles. The Labute approximate surface area is 95.1 Å². The first-order valence-electron chi connectivity index (χ1n) is 5.59. The third-order valence-corrected chi connectivity index (χ3v) is 2.78. The second kappa shape index (κ2) is 3.58. The summed E-state index contributed by atoms with van der Waals surface area (Å²) in [5, 5.41) is 0.606. The van der Waals surface area contributed by atoms with E-state index in [4.69, 9.17) is 0 Å². The largest absolute Gasteiger partial charge is 0.330 e. The number of nitrogens with zero attached hydrogens (tertiary/aromatic N) is 2. The lowest BCUT2D eigenvalue weighted by Gasteiger charge is -2.17. The van der Waals surface area contributed by atoms with Crippen LogP contribution < -0.4 is 0 Å². The molecule has 0 atom stereocenters. The van der Waals surface area contributed by atoms with Crippen LogP contribution in [0.25, 0.3) is 11.0 Å². The quantitative estimate of drug-likeness (QED) is 0.719. The number of hydrogen-bond acceptors (Lipinski definition) is 1. The van der Waals surface area contributed by atoms with E-state index in [9.17, 15) is 4.39 Å². The van der Waals surface area contributed by atoms with Crippen molar-refractivity contribution < 1.29 is 4.39 Å². The van der Waals surface area contributed by atoms with Gasteiger partial charge in [-0.25, -0.2) is 9.37 Å². The number of halogens is 1. The molecule has 2 heterocycles. The Balaban J connectivity index is 2.69. The van der Waals surface area contributed by atoms with Crippen molar-refractivity contribution in [2.45, 2.75) is 39.7 Å². The topological polar surface area (TPSA) is 17.8 Å². The molecule has 0 amide bonds. The molecule has 2 aromatic heterocycles. The van der Waals surface area contributed by atoms with Crippen LogP contribution in [0.4, 0.5) is 4.39 Å². The summed E-state index contributed by atoms with van der Waals surface area (Å²) in [6.45, 7) is 9.05. The van der Waals surface area contributed by atoms with Gasteiger partial charge < -0.3 is 4.57 Å². The highest BCUT2D eigenvalue weighted by atomic mass is 19.1. The summed E-state index contributed by atoms with van der Waals surface area (Å²) in [4.78, 5) is 4.56. The standard InChI is InChI=1S/C13H17FN2/c1-5-16-8-10(14)9-6-7-11(13(2,3)4)15-12(9)16/h6-8H,5H2,1-4H3. The van der Waals surface area contributed by atoms with Gasteiger partial charge >= 0.3 is 0 Å². The lowest BCUT2D eigenvalue weighted by atomic mass is 9.91. The summed E-state index contributed by atoms with van der Waals surface area (Å²) in [5.74, 6) is -0.190. The first-order valence-corrected chi connectivity index (χ1v) is 5.59. The van der Waals surface area contributed by atoms with Gasteiger partial charge in [0.05, 0.1) is 5.39 Å². The number of hydrogen-bond donors (Lipinski definition) is 0. The molecular weight excluding hydrogens is 203 g/mol. The zero-order valence-electron chi connectivity index (χ0n) is 10.2. The zero-order chi connectivity index (χ0) is 11.9. The van der Waals surface area contributed by atoms with Gasteiger partial charge in [0.1, 0.15) is 11.5 Å². The van der Waals surface area contributed by atoms with Crippen LogP contribution in [0.1, 0.15) is 33.4 Å². The zero-order valence-corrected chi connectivity index (χ0v) is 10.2. The fourth-order valence-electron chi connectivity index (χ4n) is 1.78. The number of rotatable bonds is 1. The van der Waals surface area contributed by atoms with E-state index in [1.165, 1.54) is 6.20 Å². The van der Waals surface area contributed by atoms with Gasteiger partial charge in [0.25, 0.3) is 0 Å². The van der Waals surface area contributed by atoms with Crippen LogP contribution in [0.15, 0.2) is 18.3 Å². The lowest BCUT2D eigenvalue weighted by Crippen LogP contribution is -2.13. The number of aromatic nitrogens is 2. The number of aryl methyl sites for hydroxylation is 1. The van der Waals surface area contributed by atoms with Crippen molar-refractivity contribution in [3.63, 3.8) is 0 Å². The van der Waals surface area contributed by atoms with E-state index in [1.807, 2.05) is 23.6 Å². The fraction of sp³-hybridized carbons (Fsp3) is 0.462. The summed E-state index contributed by atoms with van der Waals surface area (Å²) in [6, 6.07) is 3.73. The van der Waals surface area contributed by atoms with Gasteiger partial charge in [0, 0.05) is 23.9 Å². The van der Waals surface area contributed by atoms with Gasteiger partial charge in [-0.1, -0.05) is 20.8 Å². The molecule has 0 radical (unpaired) electrons. The Morgan fingerprint density at radius 3 is 2.56 bits per heavy atom. The van der Waals surface area contributed by atoms with Gasteiger partial charge in [-0.3, -0.25) is 0 Å². The van der Waals surface area contributed by atoms with Crippen molar-refractivity contribution in [3.8, 4) is 0 Å². The van der Waals surface area contributed by atoms with Crippen molar-refractivity contribution in [3.05, 3.63) is 29.8 Å². The molecule has 0 aliphatic rings. The molecule has 0 aromatic carbocycles. The Morgan fingerprint density at radius 2 is 2.00 bits per heavy atom. The lowest BCUT2D eigenvalue weighted by molar-refractivity contribution is 0.569. The second-order valence-corrected chi connectivity index (χ2v) is 5.08. The maximum absolute atomic E-state index is 13.6. The third kappa shape index (κ3) is 1.70. The summed E-state index contributed by atoms with van der Waals surface area (Å²) in [7, 11) is 0. The van der Waals surface area contributed by atoms with Crippen LogP contribution in [-0.4, -0.2) is 9.55 Å². The molecule has 2 nitrogen and oxygen atoms in total. The van der Waals surface area contributed by atoms with Crippen LogP contribution in [-0.2, 0) is 12.0 Å². The van der Waals surface area contributed by atoms with Crippen LogP contribution >= 0.6 is 0 Å². The van der Waals surface area contributed by atoms with Crippen molar-refractivity contribution >= 4 is 11.0 Å². The van der Waals surface area contributed by atoms with Crippen molar-refractivity contribution in [1.29, 1.82) is 0 Å². The molecule has 0 fully saturated rings. The molecule has 0 aliphatic heterocycles. The summed E-state index contributed by atoms with van der Waals surface area (Å²) in [5.41, 5.74) is 1.73. The van der Waals surface area contributed by atoms with Crippen LogP contribution in [0.2, 0.25) is 0 Å². The fourth-order valence-corrected chi connectivity index (χ4v) is 1.78. The Hall–Kier alpha value is -1.38. The van der Waals surface area contributed by atoms with E-state index in [0.29, 0.717) is 5.39 Å². The first-order chi connectivity index (χ1) is 7.43. The molecule has 86 valence electrons. The minimum Gasteiger partial charge on any atom is -0.330 e. The molecule has 0 unspecified atom stereocenters. The van der Waals surface area contributed by atoms with Gasteiger partial charge in [-0.05, 0) is 19.1 Å². The molecule has 16 heavy (non-hydrogen) atoms. The van der Waals surface area contributed by atoms with E-state index >= 15 is 0 Å². The molecule has 0 aliphatic carbocycles. The number of pyridine rings is 1. The van der Waals surface area contributed by atoms with Crippen molar-refractivity contribution in [2.75, 3.05) is 0 Å². The highest BCUT2D eigenvalue weighted by molar-refractivity contribution is 5.77. The average molecular weight is 220 g/mol. The predicted octanol–water partition coefficient (Wildman–Crippen LogP) is 3.49. The molecule has 0 N–H and O–H groups in total. The Bertz CT molecular complexity index is 520. The molecule has 0 saturated heterocycles. The van der Waals surface area contributed by atoms with Gasteiger partial charge in [-0.2, -0.15) is 0 Å². The van der Waals surface area contributed by atoms with Gasteiger partial charge in [0.15, 0.2) is 0 Å². The highest BCUT2D eigenvalue weighted by Gasteiger charge is 2.17. The maximum Gasteiger partial charge on any atom is 0.150 e. The maximum atomic E-state index is 13.6. The van der Waals surface area contributed by atoms with E-state index in [1.54, 1.807) is 0 Å². The molecular formula is C13H17FN2. The monoisotopic (exact) mass is 220 g/mol. The summed E-state index contributed by atoms with van der Waals surface area (Å²) < 4.78 is 15.4. The van der Waals surface area contributed by atoms with E-state index in [2.05, 4.69) is 25.8 Å². The average Bonchev–Trinajstić information content (AvgIpc) is 2.54. The van der Waals surface area contributed by atoms with Crippen LogP contribution in [0.5, 0.6) is 0 Å². The minimum atomic E-state index is -0.190. The Morgan fingerprint density at radius 1 is 1.31 bits per heavy atom. The van der Waals surface area contributed by atoms with Crippen molar-refractivity contribution in [2.24, 2.45) is 0 Å². The number of fused-ring (bicyclic) bond motifs is 1. The van der Waals surface area contributed by atoms with Gasteiger partial charge in [-0.15, -0.1) is 0 Å². The van der Waals surface area contributed by atoms with E-state index in [0.717, 1.165) is 17.9 Å². The normalized spacial score (nSPS) is 12.3. The van der Waals surface area contributed by atoms with Crippen LogP contribution in [0.3, 0.4) is 0 Å². The highest BCUT2D eigenvalue weighted by Crippen LogP contribution is 2.25. The van der Waals surface area contributed by atoms with Gasteiger partial charge in [0.2, 0.25) is 0 Å². The Kier molecular flexibility index (Phi) is 2.49. The first kappa shape index (κ1) is 11.1. The third-order valence-electron chi connectivity index (χ3n) is 2.78. The summed E-state index contributed by atoms with van der Waals surface area (Å²) >= 11 is 0. The van der Waals surface area contributed by atoms with Crippen molar-refractivity contribution in [1.82, 2.24) is 9.55 Å². The molecule has 0 spiro atoms. The predicted molar refractivity (Wildman–Crippen MR) is 64.1 cm³/mol.